The summed E-state index contributed by atoms with van der Waals surface area (Å²) in [5.41, 5.74) is 0. The van der Waals surface area contributed by atoms with Crippen molar-refractivity contribution in [1.82, 2.24) is 0 Å². The third-order valence-electron chi connectivity index (χ3n) is 1.08. The standard InChI is InChI=1S/C6H13O5P/c1-3-6(2)10-4-5-11-12(7,8)9/h3H,4-5H2,1-2H3,(H2,7,8,9). The Hall–Kier alpha value is -0.350. The van der Waals surface area contributed by atoms with Crippen molar-refractivity contribution >= 4 is 7.82 Å². The molecule has 0 fully saturated rings. The van der Waals surface area contributed by atoms with Gasteiger partial charge in [-0.2, -0.15) is 0 Å². The summed E-state index contributed by atoms with van der Waals surface area (Å²) in [4.78, 5) is 16.5. The van der Waals surface area contributed by atoms with E-state index < -0.39 is 7.82 Å². The number of hydrogen-bond acceptors (Lipinski definition) is 3. The third-order valence-corrected chi connectivity index (χ3v) is 1.60. The van der Waals surface area contributed by atoms with Crippen molar-refractivity contribution in [3.05, 3.63) is 11.8 Å². The van der Waals surface area contributed by atoms with Gasteiger partial charge in [-0.05, 0) is 13.8 Å². The Kier molecular flexibility index (Phi) is 5.17. The lowest BCUT2D eigenvalue weighted by atomic mass is 10.5. The van der Waals surface area contributed by atoms with Crippen molar-refractivity contribution in [3.8, 4) is 0 Å². The Labute approximate surface area is 71.2 Å². The summed E-state index contributed by atoms with van der Waals surface area (Å²) in [6.45, 7) is 3.58. The van der Waals surface area contributed by atoms with E-state index in [1.807, 2.05) is 0 Å². The predicted octanol–water partition coefficient (Wildman–Crippen LogP) is 1.04. The molecule has 0 aromatic heterocycles. The Morgan fingerprint density at radius 3 is 2.50 bits per heavy atom. The number of allylic oxidation sites excluding steroid dienone is 2. The molecule has 0 atom stereocenters. The third kappa shape index (κ3) is 7.75. The monoisotopic (exact) mass is 196 g/mol. The highest BCUT2D eigenvalue weighted by atomic mass is 31.2. The summed E-state index contributed by atoms with van der Waals surface area (Å²) < 4.78 is 19.3. The normalized spacial score (nSPS) is 13.2. The van der Waals surface area contributed by atoms with Crippen LogP contribution in [-0.4, -0.2) is 23.0 Å². The van der Waals surface area contributed by atoms with Gasteiger partial charge in [0, 0.05) is 0 Å². The number of hydrogen-bond donors (Lipinski definition) is 2. The van der Waals surface area contributed by atoms with Crippen molar-refractivity contribution in [1.29, 1.82) is 0 Å². The van der Waals surface area contributed by atoms with E-state index in [-0.39, 0.29) is 13.2 Å². The van der Waals surface area contributed by atoms with Crippen LogP contribution < -0.4 is 0 Å². The average Bonchev–Trinajstić information content (AvgIpc) is 1.96. The molecule has 0 aliphatic heterocycles. The summed E-state index contributed by atoms with van der Waals surface area (Å²) in [5.74, 6) is 0.698. The molecular weight excluding hydrogens is 183 g/mol. The van der Waals surface area contributed by atoms with Gasteiger partial charge in [-0.25, -0.2) is 4.57 Å². The van der Waals surface area contributed by atoms with Crippen LogP contribution in [0.2, 0.25) is 0 Å². The van der Waals surface area contributed by atoms with Crippen LogP contribution in [0.4, 0.5) is 0 Å². The van der Waals surface area contributed by atoms with Crippen LogP contribution in [0, 0.1) is 0 Å². The zero-order valence-electron chi connectivity index (χ0n) is 7.06. The van der Waals surface area contributed by atoms with E-state index in [0.717, 1.165) is 0 Å². The molecule has 0 unspecified atom stereocenters. The smallest absolute Gasteiger partial charge is 0.469 e. The molecule has 0 rings (SSSR count). The lowest BCUT2D eigenvalue weighted by molar-refractivity contribution is 0.127. The first kappa shape index (κ1) is 11.6. The maximum absolute atomic E-state index is 10.1. The van der Waals surface area contributed by atoms with Crippen LogP contribution in [0.1, 0.15) is 13.8 Å². The van der Waals surface area contributed by atoms with Gasteiger partial charge in [0.2, 0.25) is 0 Å². The van der Waals surface area contributed by atoms with E-state index in [1.54, 1.807) is 19.9 Å². The fraction of sp³-hybridized carbons (Fsp3) is 0.667. The van der Waals surface area contributed by atoms with Gasteiger partial charge in [0.25, 0.3) is 0 Å². The molecule has 0 aromatic carbocycles. The van der Waals surface area contributed by atoms with Crippen molar-refractivity contribution in [2.75, 3.05) is 13.2 Å². The highest BCUT2D eigenvalue weighted by Gasteiger charge is 2.12. The first-order valence-electron chi connectivity index (χ1n) is 3.41. The SMILES string of the molecule is CC=C(C)OCCOP(=O)(O)O. The van der Waals surface area contributed by atoms with Crippen molar-refractivity contribution in [2.24, 2.45) is 0 Å². The minimum atomic E-state index is -4.33. The highest BCUT2D eigenvalue weighted by Crippen LogP contribution is 2.35. The molecule has 6 heteroatoms. The van der Waals surface area contributed by atoms with Gasteiger partial charge >= 0.3 is 7.82 Å². The molecule has 2 N–H and O–H groups in total. The average molecular weight is 196 g/mol. The Bertz CT molecular complexity index is 194. The first-order chi connectivity index (χ1) is 5.45. The van der Waals surface area contributed by atoms with E-state index in [0.29, 0.717) is 5.76 Å². The van der Waals surface area contributed by atoms with E-state index in [1.165, 1.54) is 0 Å². The van der Waals surface area contributed by atoms with E-state index in [9.17, 15) is 4.57 Å². The van der Waals surface area contributed by atoms with Crippen LogP contribution in [-0.2, 0) is 13.8 Å². The van der Waals surface area contributed by atoms with Crippen molar-refractivity contribution in [2.45, 2.75) is 13.8 Å². The highest BCUT2D eigenvalue weighted by molar-refractivity contribution is 7.46. The van der Waals surface area contributed by atoms with E-state index >= 15 is 0 Å². The molecule has 0 radical (unpaired) electrons. The van der Waals surface area contributed by atoms with Crippen molar-refractivity contribution in [3.63, 3.8) is 0 Å². The Morgan fingerprint density at radius 1 is 1.50 bits per heavy atom. The summed E-state index contributed by atoms with van der Waals surface area (Å²) in [5, 5.41) is 0. The van der Waals surface area contributed by atoms with Gasteiger partial charge < -0.3 is 14.5 Å². The van der Waals surface area contributed by atoms with Crippen LogP contribution in [0.25, 0.3) is 0 Å². The van der Waals surface area contributed by atoms with Crippen LogP contribution in [0.3, 0.4) is 0 Å². The maximum atomic E-state index is 10.1. The molecule has 5 nitrogen and oxygen atoms in total. The molecule has 0 bridgehead atoms. The Balaban J connectivity index is 3.41. The summed E-state index contributed by atoms with van der Waals surface area (Å²) in [6.07, 6.45) is 1.75. The summed E-state index contributed by atoms with van der Waals surface area (Å²) in [6, 6.07) is 0. The van der Waals surface area contributed by atoms with Gasteiger partial charge in [0.05, 0.1) is 12.4 Å². The van der Waals surface area contributed by atoms with Crippen LogP contribution in [0.5, 0.6) is 0 Å². The van der Waals surface area contributed by atoms with E-state index in [2.05, 4.69) is 4.52 Å². The van der Waals surface area contributed by atoms with Gasteiger partial charge in [0.1, 0.15) is 6.61 Å². The quantitative estimate of drug-likeness (QED) is 0.390. The zero-order chi connectivity index (χ0) is 9.61. The molecule has 0 saturated heterocycles. The van der Waals surface area contributed by atoms with Crippen LogP contribution in [0.15, 0.2) is 11.8 Å². The lowest BCUT2D eigenvalue weighted by Crippen LogP contribution is -2.01. The number of phosphoric ester groups is 1. The van der Waals surface area contributed by atoms with Crippen molar-refractivity contribution < 1.29 is 23.6 Å². The fourth-order valence-corrected chi connectivity index (χ4v) is 0.755. The first-order valence-corrected chi connectivity index (χ1v) is 4.94. The van der Waals surface area contributed by atoms with E-state index in [4.69, 9.17) is 14.5 Å². The topological polar surface area (TPSA) is 76.0 Å². The molecule has 0 saturated carbocycles. The zero-order valence-corrected chi connectivity index (χ0v) is 7.95. The second kappa shape index (κ2) is 5.32. The largest absolute Gasteiger partial charge is 0.496 e. The molecule has 0 aromatic rings. The summed E-state index contributed by atoms with van der Waals surface area (Å²) in [7, 11) is -4.33. The number of phosphoric acid groups is 1. The van der Waals surface area contributed by atoms with Gasteiger partial charge in [0.15, 0.2) is 0 Å². The molecule has 12 heavy (non-hydrogen) atoms. The number of ether oxygens (including phenoxy) is 1. The molecule has 72 valence electrons. The molecule has 0 aliphatic rings. The minimum absolute atomic E-state index is 0.116. The van der Waals surface area contributed by atoms with Gasteiger partial charge in [-0.15, -0.1) is 0 Å². The van der Waals surface area contributed by atoms with Gasteiger partial charge in [-0.3, -0.25) is 4.52 Å². The van der Waals surface area contributed by atoms with Crippen LogP contribution >= 0.6 is 7.82 Å². The lowest BCUT2D eigenvalue weighted by Gasteiger charge is -2.06. The molecule has 0 heterocycles. The fourth-order valence-electron chi connectivity index (χ4n) is 0.442. The minimum Gasteiger partial charge on any atom is -0.496 e. The molecular formula is C6H13O5P. The van der Waals surface area contributed by atoms with Gasteiger partial charge in [-0.1, -0.05) is 6.08 Å². The Morgan fingerprint density at radius 2 is 2.08 bits per heavy atom. The number of rotatable bonds is 5. The second-order valence-corrected chi connectivity index (χ2v) is 3.31. The maximum Gasteiger partial charge on any atom is 0.469 e. The molecule has 0 amide bonds. The molecule has 0 aliphatic carbocycles. The second-order valence-electron chi connectivity index (χ2n) is 2.07. The molecule has 0 spiro atoms. The summed E-state index contributed by atoms with van der Waals surface area (Å²) >= 11 is 0. The predicted molar refractivity (Wildman–Crippen MR) is 43.4 cm³/mol.